The maximum absolute atomic E-state index is 4.69. The standard InChI is InChI=1S/C24H23N5/c1-17-4-5-21(22-3-2-8-28-24(17)22)23-11-19(6-9-27-23)20-7-10-29(15-20)14-18-12-25-16-26-13-18/h2-6,8-9,11-13,16,20H,7,10,14-15H2,1H3/t20-/m0/s1. The fraction of sp³-hybridized carbons (Fsp3) is 0.250. The molecule has 4 heterocycles. The van der Waals surface area contributed by atoms with Gasteiger partial charge in [-0.1, -0.05) is 18.2 Å². The third-order valence-corrected chi connectivity index (χ3v) is 5.80. The first-order chi connectivity index (χ1) is 14.3. The third kappa shape index (κ3) is 3.61. The van der Waals surface area contributed by atoms with Crippen LogP contribution in [0.15, 0.2) is 67.5 Å². The quantitative estimate of drug-likeness (QED) is 0.525. The number of rotatable bonds is 4. The van der Waals surface area contributed by atoms with Gasteiger partial charge in [-0.05, 0) is 55.1 Å². The van der Waals surface area contributed by atoms with Crippen LogP contribution in [-0.2, 0) is 6.54 Å². The van der Waals surface area contributed by atoms with E-state index in [1.54, 1.807) is 6.33 Å². The molecule has 144 valence electrons. The highest BCUT2D eigenvalue weighted by molar-refractivity contribution is 5.95. The molecule has 5 nitrogen and oxygen atoms in total. The lowest BCUT2D eigenvalue weighted by Gasteiger charge is -2.16. The molecule has 0 aliphatic carbocycles. The van der Waals surface area contributed by atoms with Crippen molar-refractivity contribution in [2.45, 2.75) is 25.8 Å². The Balaban J connectivity index is 1.41. The molecule has 3 aromatic heterocycles. The normalized spacial score (nSPS) is 17.1. The average molecular weight is 381 g/mol. The van der Waals surface area contributed by atoms with E-state index in [9.17, 15) is 0 Å². The highest BCUT2D eigenvalue weighted by Gasteiger charge is 2.24. The molecule has 1 aliphatic heterocycles. The highest BCUT2D eigenvalue weighted by atomic mass is 15.1. The van der Waals surface area contributed by atoms with Gasteiger partial charge in [0.25, 0.3) is 0 Å². The third-order valence-electron chi connectivity index (χ3n) is 5.80. The summed E-state index contributed by atoms with van der Waals surface area (Å²) >= 11 is 0. The Morgan fingerprint density at radius 1 is 1.03 bits per heavy atom. The van der Waals surface area contributed by atoms with Gasteiger partial charge in [0.1, 0.15) is 6.33 Å². The lowest BCUT2D eigenvalue weighted by molar-refractivity contribution is 0.326. The van der Waals surface area contributed by atoms with Gasteiger partial charge in [0.05, 0.1) is 11.2 Å². The van der Waals surface area contributed by atoms with Crippen LogP contribution in [0, 0.1) is 6.92 Å². The maximum Gasteiger partial charge on any atom is 0.115 e. The van der Waals surface area contributed by atoms with Crippen LogP contribution in [-0.4, -0.2) is 37.9 Å². The molecular weight excluding hydrogens is 358 g/mol. The SMILES string of the molecule is Cc1ccc(-c2cc([C@H]3CCN(Cc4cncnc4)C3)ccn2)c2cccnc12. The minimum absolute atomic E-state index is 0.524. The van der Waals surface area contributed by atoms with Crippen LogP contribution >= 0.6 is 0 Å². The van der Waals surface area contributed by atoms with Gasteiger partial charge in [0.15, 0.2) is 0 Å². The van der Waals surface area contributed by atoms with Crippen LogP contribution in [0.25, 0.3) is 22.2 Å². The number of hydrogen-bond donors (Lipinski definition) is 0. The molecule has 0 amide bonds. The zero-order valence-corrected chi connectivity index (χ0v) is 16.5. The Kier molecular flexibility index (Phi) is 4.74. The molecule has 0 unspecified atom stereocenters. The zero-order chi connectivity index (χ0) is 19.6. The van der Waals surface area contributed by atoms with E-state index >= 15 is 0 Å². The van der Waals surface area contributed by atoms with Gasteiger partial charge in [-0.3, -0.25) is 14.9 Å². The van der Waals surface area contributed by atoms with Gasteiger partial charge in [-0.25, -0.2) is 9.97 Å². The van der Waals surface area contributed by atoms with Crippen LogP contribution in [0.5, 0.6) is 0 Å². The first-order valence-corrected chi connectivity index (χ1v) is 10.0. The summed E-state index contributed by atoms with van der Waals surface area (Å²) in [7, 11) is 0. The fourth-order valence-electron chi connectivity index (χ4n) is 4.30. The second-order valence-corrected chi connectivity index (χ2v) is 7.77. The molecule has 5 rings (SSSR count). The van der Waals surface area contributed by atoms with E-state index in [2.05, 4.69) is 62.1 Å². The van der Waals surface area contributed by atoms with E-state index in [1.165, 1.54) is 16.7 Å². The summed E-state index contributed by atoms with van der Waals surface area (Å²) in [4.78, 5) is 20.0. The predicted molar refractivity (Wildman–Crippen MR) is 114 cm³/mol. The van der Waals surface area contributed by atoms with Crippen LogP contribution in [0.1, 0.15) is 29.0 Å². The van der Waals surface area contributed by atoms with Crippen LogP contribution in [0.4, 0.5) is 0 Å². The van der Waals surface area contributed by atoms with Crippen molar-refractivity contribution in [3.8, 4) is 11.3 Å². The monoisotopic (exact) mass is 381 g/mol. The number of fused-ring (bicyclic) bond motifs is 1. The predicted octanol–water partition coefficient (Wildman–Crippen LogP) is 4.38. The first-order valence-electron chi connectivity index (χ1n) is 10.0. The Morgan fingerprint density at radius 2 is 1.93 bits per heavy atom. The van der Waals surface area contributed by atoms with Crippen molar-refractivity contribution >= 4 is 10.9 Å². The van der Waals surface area contributed by atoms with E-state index in [4.69, 9.17) is 0 Å². The summed E-state index contributed by atoms with van der Waals surface area (Å²) in [6.07, 6.45) is 10.4. The number of likely N-dealkylation sites (tertiary alicyclic amines) is 1. The van der Waals surface area contributed by atoms with Crippen molar-refractivity contribution in [2.75, 3.05) is 13.1 Å². The molecule has 0 radical (unpaired) electrons. The summed E-state index contributed by atoms with van der Waals surface area (Å²) < 4.78 is 0. The van der Waals surface area contributed by atoms with Crippen LogP contribution < -0.4 is 0 Å². The van der Waals surface area contributed by atoms with Crippen molar-refractivity contribution in [1.29, 1.82) is 0 Å². The molecule has 1 saturated heterocycles. The molecule has 4 aromatic rings. The average Bonchev–Trinajstić information content (AvgIpc) is 3.24. The smallest absolute Gasteiger partial charge is 0.115 e. The van der Waals surface area contributed by atoms with E-state index in [0.717, 1.165) is 48.2 Å². The van der Waals surface area contributed by atoms with E-state index in [1.807, 2.05) is 30.9 Å². The van der Waals surface area contributed by atoms with Gasteiger partial charge < -0.3 is 0 Å². The van der Waals surface area contributed by atoms with Gasteiger partial charge in [-0.2, -0.15) is 0 Å². The molecule has 1 atom stereocenters. The fourth-order valence-corrected chi connectivity index (χ4v) is 4.30. The lowest BCUT2D eigenvalue weighted by atomic mass is 9.96. The Hall–Kier alpha value is -3.18. The van der Waals surface area contributed by atoms with Crippen molar-refractivity contribution in [3.63, 3.8) is 0 Å². The van der Waals surface area contributed by atoms with Gasteiger partial charge in [0, 0.05) is 54.4 Å². The molecule has 0 N–H and O–H groups in total. The number of nitrogens with zero attached hydrogens (tertiary/aromatic N) is 5. The largest absolute Gasteiger partial charge is 0.298 e. The topological polar surface area (TPSA) is 54.8 Å². The summed E-state index contributed by atoms with van der Waals surface area (Å²) in [6.45, 7) is 5.15. The maximum atomic E-state index is 4.69. The van der Waals surface area contributed by atoms with E-state index < -0.39 is 0 Å². The van der Waals surface area contributed by atoms with Crippen molar-refractivity contribution in [1.82, 2.24) is 24.8 Å². The van der Waals surface area contributed by atoms with Gasteiger partial charge in [0.2, 0.25) is 0 Å². The molecule has 1 fully saturated rings. The van der Waals surface area contributed by atoms with Crippen molar-refractivity contribution in [3.05, 3.63) is 84.2 Å². The Morgan fingerprint density at radius 3 is 2.83 bits per heavy atom. The van der Waals surface area contributed by atoms with Crippen LogP contribution in [0.3, 0.4) is 0 Å². The molecule has 1 aliphatic rings. The van der Waals surface area contributed by atoms with Crippen molar-refractivity contribution in [2.24, 2.45) is 0 Å². The van der Waals surface area contributed by atoms with E-state index in [-0.39, 0.29) is 0 Å². The summed E-state index contributed by atoms with van der Waals surface area (Å²) in [5, 5.41) is 1.16. The number of pyridine rings is 2. The second kappa shape index (κ2) is 7.68. The Labute approximate surface area is 170 Å². The molecule has 5 heteroatoms. The molecule has 1 aromatic carbocycles. The van der Waals surface area contributed by atoms with Gasteiger partial charge >= 0.3 is 0 Å². The summed E-state index contributed by atoms with van der Waals surface area (Å²) in [6, 6.07) is 12.9. The van der Waals surface area contributed by atoms with Gasteiger partial charge in [-0.15, -0.1) is 0 Å². The second-order valence-electron chi connectivity index (χ2n) is 7.77. The number of benzene rings is 1. The van der Waals surface area contributed by atoms with Crippen molar-refractivity contribution < 1.29 is 0 Å². The van der Waals surface area contributed by atoms with E-state index in [0.29, 0.717) is 5.92 Å². The molecule has 0 spiro atoms. The summed E-state index contributed by atoms with van der Waals surface area (Å²) in [5.74, 6) is 0.524. The summed E-state index contributed by atoms with van der Waals surface area (Å²) in [5.41, 5.74) is 6.94. The number of hydrogen-bond acceptors (Lipinski definition) is 5. The molecule has 0 bridgehead atoms. The number of aryl methyl sites for hydroxylation is 1. The zero-order valence-electron chi connectivity index (χ0n) is 16.5. The highest BCUT2D eigenvalue weighted by Crippen LogP contribution is 2.32. The minimum Gasteiger partial charge on any atom is -0.298 e. The molecular formula is C24H23N5. The number of aromatic nitrogens is 4. The molecule has 29 heavy (non-hydrogen) atoms. The Bertz CT molecular complexity index is 1140. The lowest BCUT2D eigenvalue weighted by Crippen LogP contribution is -2.20. The molecule has 0 saturated carbocycles. The van der Waals surface area contributed by atoms with Crippen LogP contribution in [0.2, 0.25) is 0 Å². The minimum atomic E-state index is 0.524. The first kappa shape index (κ1) is 17.9.